The van der Waals surface area contributed by atoms with Gasteiger partial charge in [0.1, 0.15) is 18.2 Å². The second-order valence-electron chi connectivity index (χ2n) is 6.30. The highest BCUT2D eigenvalue weighted by molar-refractivity contribution is 5.97. The van der Waals surface area contributed by atoms with Crippen LogP contribution in [0.25, 0.3) is 0 Å². The molecule has 0 unspecified atom stereocenters. The molecule has 2 aromatic rings. The summed E-state index contributed by atoms with van der Waals surface area (Å²) in [7, 11) is 0. The first kappa shape index (κ1) is 21.2. The van der Waals surface area contributed by atoms with Crippen LogP contribution in [0, 0.1) is 24.1 Å². The lowest BCUT2D eigenvalue weighted by Crippen LogP contribution is -2.45. The summed E-state index contributed by atoms with van der Waals surface area (Å²) in [4.78, 5) is 12.2. The summed E-state index contributed by atoms with van der Waals surface area (Å²) in [6.45, 7) is 2.08. The summed E-state index contributed by atoms with van der Waals surface area (Å²) in [5, 5.41) is 21.2. The largest absolute Gasteiger partial charge is 0.490 e. The van der Waals surface area contributed by atoms with Crippen LogP contribution in [-0.2, 0) is 11.0 Å². The zero-order valence-electron chi connectivity index (χ0n) is 14.9. The zero-order chi connectivity index (χ0) is 21.1. The number of carbonyl (C=O) groups excluding carboxylic acids is 1. The number of ether oxygens (including phenoxy) is 1. The average Bonchev–Trinajstić information content (AvgIpc) is 2.62. The summed E-state index contributed by atoms with van der Waals surface area (Å²) in [6, 6.07) is 8.03. The third-order valence-corrected chi connectivity index (χ3v) is 3.86. The number of alkyl halides is 3. The fourth-order valence-electron chi connectivity index (χ4n) is 2.17. The molecule has 0 aromatic heterocycles. The first-order chi connectivity index (χ1) is 12.9. The lowest BCUT2D eigenvalue weighted by molar-refractivity contribution is -0.138. The molecule has 0 aliphatic carbocycles. The van der Waals surface area contributed by atoms with Crippen LogP contribution in [0.3, 0.4) is 0 Å². The van der Waals surface area contributed by atoms with E-state index in [-0.39, 0.29) is 11.4 Å². The van der Waals surface area contributed by atoms with Gasteiger partial charge in [0.05, 0.1) is 17.2 Å². The van der Waals surface area contributed by atoms with Gasteiger partial charge in [0, 0.05) is 11.8 Å². The molecule has 0 heterocycles. The van der Waals surface area contributed by atoms with Gasteiger partial charge in [-0.1, -0.05) is 6.07 Å². The van der Waals surface area contributed by atoms with E-state index >= 15 is 0 Å². The van der Waals surface area contributed by atoms with E-state index in [1.165, 1.54) is 18.2 Å². The van der Waals surface area contributed by atoms with Crippen LogP contribution < -0.4 is 10.1 Å². The Bertz CT molecular complexity index is 934. The molecule has 1 atom stereocenters. The Morgan fingerprint density at radius 1 is 1.25 bits per heavy atom. The summed E-state index contributed by atoms with van der Waals surface area (Å²) < 4.78 is 57.7. The Kier molecular flexibility index (Phi) is 5.95. The maximum absolute atomic E-state index is 13.5. The quantitative estimate of drug-likeness (QED) is 0.754. The monoisotopic (exact) mass is 396 g/mol. The predicted molar refractivity (Wildman–Crippen MR) is 92.0 cm³/mol. The first-order valence-electron chi connectivity index (χ1n) is 7.98. The number of rotatable bonds is 5. The Morgan fingerprint density at radius 3 is 2.50 bits per heavy atom. The zero-order valence-corrected chi connectivity index (χ0v) is 14.9. The Balaban J connectivity index is 2.12. The number of aryl methyl sites for hydroxylation is 1. The van der Waals surface area contributed by atoms with E-state index in [1.807, 2.05) is 0 Å². The van der Waals surface area contributed by atoms with Gasteiger partial charge in [0.15, 0.2) is 5.60 Å². The maximum atomic E-state index is 13.5. The molecule has 1 amide bonds. The molecule has 0 aliphatic rings. The fraction of sp³-hybridized carbons (Fsp3) is 0.263. The fourth-order valence-corrected chi connectivity index (χ4v) is 2.17. The molecule has 0 aliphatic heterocycles. The molecule has 0 fully saturated rings. The summed E-state index contributed by atoms with van der Waals surface area (Å²) in [6.07, 6.45) is -4.78. The molecule has 2 N–H and O–H groups in total. The van der Waals surface area contributed by atoms with Crippen LogP contribution in [0.1, 0.15) is 23.6 Å². The maximum Gasteiger partial charge on any atom is 0.417 e. The van der Waals surface area contributed by atoms with Gasteiger partial charge in [-0.3, -0.25) is 4.79 Å². The molecule has 0 bridgehead atoms. The van der Waals surface area contributed by atoms with E-state index in [4.69, 9.17) is 10.00 Å². The minimum Gasteiger partial charge on any atom is -0.490 e. The standard InChI is InChI=1S/C19H16F4N2O3/c1-11-3-6-14(8-16(11)20)28-10-18(2,27)17(26)25-13-5-4-12(9-24)15(7-13)19(21,22)23/h3-8,27H,10H2,1-2H3,(H,25,26)/t18-/m0/s1. The van der Waals surface area contributed by atoms with E-state index in [2.05, 4.69) is 5.32 Å². The first-order valence-corrected chi connectivity index (χ1v) is 7.98. The van der Waals surface area contributed by atoms with Gasteiger partial charge >= 0.3 is 6.18 Å². The number of benzene rings is 2. The normalized spacial score (nSPS) is 13.4. The van der Waals surface area contributed by atoms with Crippen molar-refractivity contribution in [2.45, 2.75) is 25.6 Å². The number of nitrogens with one attached hydrogen (secondary N) is 1. The minimum atomic E-state index is -4.78. The summed E-state index contributed by atoms with van der Waals surface area (Å²) in [5.74, 6) is -1.48. The van der Waals surface area contributed by atoms with E-state index in [1.54, 1.807) is 6.92 Å². The molecule has 0 spiro atoms. The van der Waals surface area contributed by atoms with E-state index in [9.17, 15) is 27.5 Å². The highest BCUT2D eigenvalue weighted by Gasteiger charge is 2.35. The minimum absolute atomic E-state index is 0.0777. The highest BCUT2D eigenvalue weighted by Crippen LogP contribution is 2.33. The van der Waals surface area contributed by atoms with Gasteiger partial charge in [0.25, 0.3) is 5.91 Å². The van der Waals surface area contributed by atoms with E-state index in [0.29, 0.717) is 11.6 Å². The van der Waals surface area contributed by atoms with Crippen LogP contribution in [-0.4, -0.2) is 23.2 Å². The molecule has 0 saturated heterocycles. The number of carbonyl (C=O) groups is 1. The van der Waals surface area contributed by atoms with Crippen LogP contribution in [0.15, 0.2) is 36.4 Å². The van der Waals surface area contributed by atoms with E-state index in [0.717, 1.165) is 25.1 Å². The lowest BCUT2D eigenvalue weighted by atomic mass is 10.1. The van der Waals surface area contributed by atoms with Gasteiger partial charge in [-0.25, -0.2) is 4.39 Å². The number of amides is 1. The lowest BCUT2D eigenvalue weighted by Gasteiger charge is -2.23. The van der Waals surface area contributed by atoms with Gasteiger partial charge in [0.2, 0.25) is 0 Å². The smallest absolute Gasteiger partial charge is 0.417 e. The number of hydrogen-bond donors (Lipinski definition) is 2. The number of aliphatic hydroxyl groups is 1. The molecule has 0 saturated carbocycles. The number of hydrogen-bond acceptors (Lipinski definition) is 4. The van der Waals surface area contributed by atoms with Crippen molar-refractivity contribution in [3.05, 3.63) is 58.9 Å². The molecular formula is C19H16F4N2O3. The van der Waals surface area contributed by atoms with Crippen molar-refractivity contribution in [2.24, 2.45) is 0 Å². The molecule has 0 radical (unpaired) electrons. The van der Waals surface area contributed by atoms with Gasteiger partial charge in [-0.2, -0.15) is 18.4 Å². The molecule has 9 heteroatoms. The van der Waals surface area contributed by atoms with Gasteiger partial charge in [-0.15, -0.1) is 0 Å². The van der Waals surface area contributed by atoms with Crippen LogP contribution in [0.4, 0.5) is 23.2 Å². The van der Waals surface area contributed by atoms with Crippen LogP contribution in [0.2, 0.25) is 0 Å². The van der Waals surface area contributed by atoms with Gasteiger partial charge in [-0.05, 0) is 43.7 Å². The van der Waals surface area contributed by atoms with Crippen molar-refractivity contribution >= 4 is 11.6 Å². The van der Waals surface area contributed by atoms with Gasteiger partial charge < -0.3 is 15.2 Å². The number of halogens is 4. The molecule has 5 nitrogen and oxygen atoms in total. The Labute approximate surface area is 158 Å². The van der Waals surface area contributed by atoms with Crippen molar-refractivity contribution in [1.29, 1.82) is 5.26 Å². The topological polar surface area (TPSA) is 82.3 Å². The van der Waals surface area contributed by atoms with Crippen LogP contribution >= 0.6 is 0 Å². The van der Waals surface area contributed by atoms with Crippen molar-refractivity contribution in [2.75, 3.05) is 11.9 Å². The van der Waals surface area contributed by atoms with Crippen molar-refractivity contribution in [3.63, 3.8) is 0 Å². The number of nitriles is 1. The molecule has 2 aromatic carbocycles. The Morgan fingerprint density at radius 2 is 1.93 bits per heavy atom. The molecule has 148 valence electrons. The number of nitrogens with zero attached hydrogens (tertiary/aromatic N) is 1. The van der Waals surface area contributed by atoms with Crippen molar-refractivity contribution in [1.82, 2.24) is 0 Å². The third-order valence-electron chi connectivity index (χ3n) is 3.86. The second-order valence-corrected chi connectivity index (χ2v) is 6.30. The second kappa shape index (κ2) is 7.86. The van der Waals surface area contributed by atoms with E-state index < -0.39 is 41.2 Å². The highest BCUT2D eigenvalue weighted by atomic mass is 19.4. The average molecular weight is 396 g/mol. The molecule has 2 rings (SSSR count). The summed E-state index contributed by atoms with van der Waals surface area (Å²) in [5.41, 5.74) is -3.79. The Hall–Kier alpha value is -3.12. The molecular weight excluding hydrogens is 380 g/mol. The summed E-state index contributed by atoms with van der Waals surface area (Å²) >= 11 is 0. The van der Waals surface area contributed by atoms with Crippen molar-refractivity contribution < 1.29 is 32.2 Å². The molecule has 28 heavy (non-hydrogen) atoms. The SMILES string of the molecule is Cc1ccc(OC[C@](C)(O)C(=O)Nc2ccc(C#N)c(C(F)(F)F)c2)cc1F. The predicted octanol–water partition coefficient (Wildman–Crippen LogP) is 3.79. The number of anilines is 1. The third kappa shape index (κ3) is 4.98. The van der Waals surface area contributed by atoms with Crippen LogP contribution in [0.5, 0.6) is 5.75 Å². The van der Waals surface area contributed by atoms with Crippen molar-refractivity contribution in [3.8, 4) is 11.8 Å².